The zero-order chi connectivity index (χ0) is 14.3. The van der Waals surface area contributed by atoms with Crippen molar-refractivity contribution in [2.75, 3.05) is 18.0 Å². The highest BCUT2D eigenvalue weighted by Crippen LogP contribution is 2.21. The Hall–Kier alpha value is -2.18. The maximum atomic E-state index is 11.0. The highest BCUT2D eigenvalue weighted by atomic mass is 16.4. The lowest BCUT2D eigenvalue weighted by molar-refractivity contribution is -0.142. The topological polar surface area (TPSA) is 83.6 Å². The number of carboxylic acid groups (broad SMARTS) is 1. The van der Waals surface area contributed by atoms with Gasteiger partial charge in [-0.05, 0) is 32.8 Å². The van der Waals surface area contributed by atoms with E-state index in [9.17, 15) is 4.79 Å². The van der Waals surface area contributed by atoms with Gasteiger partial charge in [0.2, 0.25) is 5.95 Å². The molecule has 106 valence electrons. The van der Waals surface area contributed by atoms with Gasteiger partial charge in [0, 0.05) is 24.5 Å². The minimum Gasteiger partial charge on any atom is -0.481 e. The Morgan fingerprint density at radius 3 is 2.65 bits per heavy atom. The molecule has 0 atom stereocenters. The first-order chi connectivity index (χ1) is 9.54. The summed E-state index contributed by atoms with van der Waals surface area (Å²) in [5.74, 6) is 0.277. The van der Waals surface area contributed by atoms with Gasteiger partial charge in [-0.3, -0.25) is 4.79 Å². The molecule has 2 aromatic heterocycles. The van der Waals surface area contributed by atoms with Crippen molar-refractivity contribution in [3.8, 4) is 0 Å². The summed E-state index contributed by atoms with van der Waals surface area (Å²) >= 11 is 0. The lowest BCUT2D eigenvalue weighted by atomic mass is 9.97. The van der Waals surface area contributed by atoms with Gasteiger partial charge in [-0.15, -0.1) is 5.10 Å². The molecule has 1 saturated heterocycles. The molecule has 0 radical (unpaired) electrons. The minimum absolute atomic E-state index is 0.245. The lowest BCUT2D eigenvalue weighted by Gasteiger charge is -2.28. The van der Waals surface area contributed by atoms with E-state index >= 15 is 0 Å². The van der Waals surface area contributed by atoms with Crippen molar-refractivity contribution in [3.63, 3.8) is 0 Å². The molecular weight excluding hydrogens is 258 g/mol. The predicted molar refractivity (Wildman–Crippen MR) is 72.8 cm³/mol. The van der Waals surface area contributed by atoms with Gasteiger partial charge in [0.25, 0.3) is 5.78 Å². The van der Waals surface area contributed by atoms with Crippen LogP contribution in [0, 0.1) is 19.8 Å². The van der Waals surface area contributed by atoms with Crippen LogP contribution in [0.25, 0.3) is 5.78 Å². The molecule has 1 aliphatic rings. The number of rotatable bonds is 2. The monoisotopic (exact) mass is 275 g/mol. The second kappa shape index (κ2) is 4.73. The number of aromatic nitrogens is 4. The van der Waals surface area contributed by atoms with Crippen molar-refractivity contribution in [1.29, 1.82) is 0 Å². The van der Waals surface area contributed by atoms with Gasteiger partial charge in [-0.2, -0.15) is 9.50 Å². The lowest BCUT2D eigenvalue weighted by Crippen LogP contribution is -2.36. The number of hydrogen-bond donors (Lipinski definition) is 1. The number of carbonyl (C=O) groups is 1. The summed E-state index contributed by atoms with van der Waals surface area (Å²) in [5.41, 5.74) is 1.91. The Bertz CT molecular complexity index is 658. The summed E-state index contributed by atoms with van der Waals surface area (Å²) in [6.07, 6.45) is 1.27. The molecular formula is C13H17N5O2. The second-order valence-corrected chi connectivity index (χ2v) is 5.26. The Morgan fingerprint density at radius 2 is 2.00 bits per heavy atom. The number of aliphatic carboxylic acids is 1. The van der Waals surface area contributed by atoms with E-state index in [1.165, 1.54) is 0 Å². The van der Waals surface area contributed by atoms with Crippen LogP contribution in [0.15, 0.2) is 6.07 Å². The van der Waals surface area contributed by atoms with Crippen LogP contribution < -0.4 is 4.90 Å². The van der Waals surface area contributed by atoms with Crippen LogP contribution in [0.4, 0.5) is 5.95 Å². The van der Waals surface area contributed by atoms with Crippen LogP contribution in [-0.4, -0.2) is 43.7 Å². The average molecular weight is 275 g/mol. The van der Waals surface area contributed by atoms with E-state index in [0.717, 1.165) is 11.4 Å². The first kappa shape index (κ1) is 12.8. The fraction of sp³-hybridized carbons (Fsp3) is 0.538. The van der Waals surface area contributed by atoms with E-state index in [1.54, 1.807) is 4.52 Å². The fourth-order valence-corrected chi connectivity index (χ4v) is 2.62. The van der Waals surface area contributed by atoms with Crippen LogP contribution in [-0.2, 0) is 4.79 Å². The summed E-state index contributed by atoms with van der Waals surface area (Å²) < 4.78 is 1.73. The van der Waals surface area contributed by atoms with E-state index in [-0.39, 0.29) is 5.92 Å². The minimum atomic E-state index is -0.708. The molecule has 0 aliphatic carbocycles. The van der Waals surface area contributed by atoms with Crippen molar-refractivity contribution in [3.05, 3.63) is 17.5 Å². The van der Waals surface area contributed by atoms with Gasteiger partial charge in [0.15, 0.2) is 0 Å². The Balaban J connectivity index is 1.85. The van der Waals surface area contributed by atoms with E-state index in [4.69, 9.17) is 5.11 Å². The molecule has 2 aromatic rings. The highest BCUT2D eigenvalue weighted by molar-refractivity contribution is 5.70. The van der Waals surface area contributed by atoms with Crippen molar-refractivity contribution < 1.29 is 9.90 Å². The molecule has 0 saturated carbocycles. The Morgan fingerprint density at radius 1 is 1.30 bits per heavy atom. The largest absolute Gasteiger partial charge is 0.481 e. The van der Waals surface area contributed by atoms with Crippen molar-refractivity contribution >= 4 is 17.7 Å². The number of fused-ring (bicyclic) bond motifs is 1. The first-order valence-electron chi connectivity index (χ1n) is 6.73. The smallest absolute Gasteiger partial charge is 0.306 e. The summed E-state index contributed by atoms with van der Waals surface area (Å²) in [6.45, 7) is 5.24. The van der Waals surface area contributed by atoms with E-state index in [2.05, 4.69) is 15.1 Å². The van der Waals surface area contributed by atoms with Crippen molar-refractivity contribution in [2.24, 2.45) is 5.92 Å². The molecule has 0 spiro atoms. The highest BCUT2D eigenvalue weighted by Gasteiger charge is 2.26. The number of carboxylic acids is 1. The van der Waals surface area contributed by atoms with E-state index in [1.807, 2.05) is 24.8 Å². The maximum Gasteiger partial charge on any atom is 0.306 e. The van der Waals surface area contributed by atoms with Gasteiger partial charge in [0.1, 0.15) is 0 Å². The number of piperidine rings is 1. The Labute approximate surface area is 116 Å². The molecule has 0 aromatic carbocycles. The number of nitrogens with zero attached hydrogens (tertiary/aromatic N) is 5. The SMILES string of the molecule is Cc1cc(C)n2nc(N3CCC(C(=O)O)CC3)nc2n1. The molecule has 1 aliphatic heterocycles. The van der Waals surface area contributed by atoms with Gasteiger partial charge >= 0.3 is 5.97 Å². The van der Waals surface area contributed by atoms with Crippen molar-refractivity contribution in [1.82, 2.24) is 19.6 Å². The molecule has 7 heteroatoms. The normalized spacial score (nSPS) is 16.8. The third-order valence-electron chi connectivity index (χ3n) is 3.73. The fourth-order valence-electron chi connectivity index (χ4n) is 2.62. The van der Waals surface area contributed by atoms with Gasteiger partial charge in [-0.25, -0.2) is 4.98 Å². The van der Waals surface area contributed by atoms with Crippen LogP contribution in [0.3, 0.4) is 0 Å². The maximum absolute atomic E-state index is 11.0. The quantitative estimate of drug-likeness (QED) is 0.881. The molecule has 3 rings (SSSR count). The second-order valence-electron chi connectivity index (χ2n) is 5.26. The molecule has 0 amide bonds. The number of aryl methyl sites for hydroxylation is 2. The zero-order valence-electron chi connectivity index (χ0n) is 11.6. The molecule has 0 unspecified atom stereocenters. The predicted octanol–water partition coefficient (Wildman–Crippen LogP) is 1.04. The third kappa shape index (κ3) is 2.19. The van der Waals surface area contributed by atoms with E-state index in [0.29, 0.717) is 37.7 Å². The first-order valence-corrected chi connectivity index (χ1v) is 6.73. The van der Waals surface area contributed by atoms with Crippen LogP contribution in [0.2, 0.25) is 0 Å². The summed E-state index contributed by atoms with van der Waals surface area (Å²) in [7, 11) is 0. The van der Waals surface area contributed by atoms with Crippen molar-refractivity contribution in [2.45, 2.75) is 26.7 Å². The summed E-state index contributed by atoms with van der Waals surface area (Å²) in [6, 6.07) is 1.96. The molecule has 3 heterocycles. The Kier molecular flexibility index (Phi) is 3.04. The van der Waals surface area contributed by atoms with Crippen LogP contribution in [0.5, 0.6) is 0 Å². The summed E-state index contributed by atoms with van der Waals surface area (Å²) in [4.78, 5) is 21.8. The zero-order valence-corrected chi connectivity index (χ0v) is 11.6. The standard InChI is InChI=1S/C13H17N5O2/c1-8-7-9(2)18-12(14-8)15-13(16-18)17-5-3-10(4-6-17)11(19)20/h7,10H,3-6H2,1-2H3,(H,19,20). The van der Waals surface area contributed by atoms with E-state index < -0.39 is 5.97 Å². The van der Waals surface area contributed by atoms with Gasteiger partial charge in [-0.1, -0.05) is 0 Å². The molecule has 0 bridgehead atoms. The van der Waals surface area contributed by atoms with Crippen LogP contribution in [0.1, 0.15) is 24.2 Å². The molecule has 1 N–H and O–H groups in total. The number of hydrogen-bond acceptors (Lipinski definition) is 5. The molecule has 20 heavy (non-hydrogen) atoms. The molecule has 7 nitrogen and oxygen atoms in total. The van der Waals surface area contributed by atoms with Gasteiger partial charge < -0.3 is 10.0 Å². The van der Waals surface area contributed by atoms with Crippen LogP contribution >= 0.6 is 0 Å². The molecule has 1 fully saturated rings. The number of anilines is 1. The average Bonchev–Trinajstić information content (AvgIpc) is 2.83. The third-order valence-corrected chi connectivity index (χ3v) is 3.73. The van der Waals surface area contributed by atoms with Gasteiger partial charge in [0.05, 0.1) is 5.92 Å². The summed E-state index contributed by atoms with van der Waals surface area (Å²) in [5, 5.41) is 13.5.